The maximum Gasteiger partial charge on any atom is 0.279 e. The molecular formula is C19H22BrFN3O+. The fourth-order valence-electron chi connectivity index (χ4n) is 3.09. The van der Waals surface area contributed by atoms with Crippen LogP contribution >= 0.6 is 15.9 Å². The number of benzene rings is 2. The average molecular weight is 407 g/mol. The standard InChI is InChI=1S/C19H21BrFN3O/c1-14-6-7-17(15(20)12-14)22-19(25)13-23-8-10-24(11-9-23)18-5-3-2-4-16(18)21/h2-7,12H,8-11,13H2,1H3,(H,22,25)/p+1. The van der Waals surface area contributed by atoms with Gasteiger partial charge in [0.15, 0.2) is 6.54 Å². The minimum Gasteiger partial charge on any atom is -0.358 e. The van der Waals surface area contributed by atoms with Gasteiger partial charge in [-0.25, -0.2) is 4.39 Å². The zero-order chi connectivity index (χ0) is 17.8. The van der Waals surface area contributed by atoms with Crippen LogP contribution in [0.15, 0.2) is 46.9 Å². The summed E-state index contributed by atoms with van der Waals surface area (Å²) in [4.78, 5) is 15.6. The second-order valence-corrected chi connectivity index (χ2v) is 7.25. The maximum atomic E-state index is 13.9. The minimum absolute atomic E-state index is 0.00102. The Kier molecular flexibility index (Phi) is 5.71. The van der Waals surface area contributed by atoms with Crippen LogP contribution in [0.3, 0.4) is 0 Å². The molecule has 132 valence electrons. The Bertz CT molecular complexity index is 760. The monoisotopic (exact) mass is 406 g/mol. The first-order valence-electron chi connectivity index (χ1n) is 8.42. The molecule has 1 fully saturated rings. The third kappa shape index (κ3) is 4.58. The van der Waals surface area contributed by atoms with E-state index in [1.54, 1.807) is 6.07 Å². The Labute approximate surface area is 155 Å². The van der Waals surface area contributed by atoms with E-state index < -0.39 is 0 Å². The molecule has 3 rings (SSSR count). The molecule has 1 amide bonds. The summed E-state index contributed by atoms with van der Waals surface area (Å²) in [5.74, 6) is -0.188. The SMILES string of the molecule is Cc1ccc(NC(=O)C[NH+]2CCN(c3ccccc3F)CC2)c(Br)c1. The van der Waals surface area contributed by atoms with Crippen molar-refractivity contribution in [2.45, 2.75) is 6.92 Å². The van der Waals surface area contributed by atoms with E-state index in [9.17, 15) is 9.18 Å². The molecule has 0 unspecified atom stereocenters. The largest absolute Gasteiger partial charge is 0.358 e. The van der Waals surface area contributed by atoms with E-state index in [-0.39, 0.29) is 11.7 Å². The number of para-hydroxylation sites is 1. The molecule has 1 saturated heterocycles. The van der Waals surface area contributed by atoms with E-state index >= 15 is 0 Å². The number of nitrogens with one attached hydrogen (secondary N) is 2. The first-order chi connectivity index (χ1) is 12.0. The summed E-state index contributed by atoms with van der Waals surface area (Å²) in [5.41, 5.74) is 2.58. The van der Waals surface area contributed by atoms with Crippen LogP contribution < -0.4 is 15.1 Å². The molecule has 25 heavy (non-hydrogen) atoms. The highest BCUT2D eigenvalue weighted by Gasteiger charge is 2.23. The van der Waals surface area contributed by atoms with Crippen LogP contribution in [0.4, 0.5) is 15.8 Å². The van der Waals surface area contributed by atoms with E-state index in [0.717, 1.165) is 41.9 Å². The second-order valence-electron chi connectivity index (χ2n) is 6.40. The number of amides is 1. The Balaban J connectivity index is 1.52. The lowest BCUT2D eigenvalue weighted by molar-refractivity contribution is -0.892. The summed E-state index contributed by atoms with van der Waals surface area (Å²) >= 11 is 3.48. The number of carbonyl (C=O) groups excluding carboxylic acids is 1. The van der Waals surface area contributed by atoms with Crippen molar-refractivity contribution >= 4 is 33.2 Å². The molecule has 1 heterocycles. The van der Waals surface area contributed by atoms with Gasteiger partial charge in [-0.1, -0.05) is 18.2 Å². The van der Waals surface area contributed by atoms with Gasteiger partial charge < -0.3 is 15.1 Å². The van der Waals surface area contributed by atoms with E-state index in [4.69, 9.17) is 0 Å². The summed E-state index contributed by atoms with van der Waals surface area (Å²) < 4.78 is 14.8. The van der Waals surface area contributed by atoms with Crippen molar-refractivity contribution in [3.63, 3.8) is 0 Å². The molecule has 6 heteroatoms. The van der Waals surface area contributed by atoms with Gasteiger partial charge in [-0.05, 0) is 52.7 Å². The van der Waals surface area contributed by atoms with Gasteiger partial charge in [0, 0.05) is 4.47 Å². The summed E-state index contributed by atoms with van der Waals surface area (Å²) in [6, 6.07) is 12.7. The Hall–Kier alpha value is -1.92. The molecule has 0 spiro atoms. The highest BCUT2D eigenvalue weighted by atomic mass is 79.9. The third-order valence-corrected chi connectivity index (χ3v) is 5.13. The van der Waals surface area contributed by atoms with Crippen LogP contribution in [-0.4, -0.2) is 38.6 Å². The molecule has 0 aromatic heterocycles. The fourth-order valence-corrected chi connectivity index (χ4v) is 3.68. The summed E-state index contributed by atoms with van der Waals surface area (Å²) in [6.07, 6.45) is 0. The third-order valence-electron chi connectivity index (χ3n) is 4.47. The number of hydrogen-bond donors (Lipinski definition) is 2. The average Bonchev–Trinajstić information content (AvgIpc) is 2.59. The molecule has 2 aromatic carbocycles. The highest BCUT2D eigenvalue weighted by molar-refractivity contribution is 9.10. The van der Waals surface area contributed by atoms with Gasteiger partial charge >= 0.3 is 0 Å². The second kappa shape index (κ2) is 7.97. The zero-order valence-electron chi connectivity index (χ0n) is 14.2. The van der Waals surface area contributed by atoms with Gasteiger partial charge in [0.05, 0.1) is 37.6 Å². The molecule has 0 saturated carbocycles. The van der Waals surface area contributed by atoms with Crippen molar-refractivity contribution in [2.24, 2.45) is 0 Å². The normalized spacial score (nSPS) is 15.2. The molecule has 1 aliphatic heterocycles. The van der Waals surface area contributed by atoms with Crippen molar-refractivity contribution in [3.8, 4) is 0 Å². The van der Waals surface area contributed by atoms with Gasteiger partial charge in [-0.2, -0.15) is 0 Å². The highest BCUT2D eigenvalue weighted by Crippen LogP contribution is 2.23. The van der Waals surface area contributed by atoms with Crippen molar-refractivity contribution < 1.29 is 14.1 Å². The predicted molar refractivity (Wildman–Crippen MR) is 102 cm³/mol. The molecule has 1 aliphatic rings. The zero-order valence-corrected chi connectivity index (χ0v) is 15.8. The fraction of sp³-hybridized carbons (Fsp3) is 0.316. The lowest BCUT2D eigenvalue weighted by Crippen LogP contribution is -3.15. The van der Waals surface area contributed by atoms with Crippen LogP contribution in [0, 0.1) is 12.7 Å². The van der Waals surface area contributed by atoms with E-state index in [0.29, 0.717) is 12.2 Å². The molecule has 0 bridgehead atoms. The number of hydrogen-bond acceptors (Lipinski definition) is 2. The first kappa shape index (κ1) is 17.9. The molecule has 4 nitrogen and oxygen atoms in total. The van der Waals surface area contributed by atoms with Crippen LogP contribution in [0.25, 0.3) is 0 Å². The van der Waals surface area contributed by atoms with Crippen LogP contribution in [0.2, 0.25) is 0 Å². The molecule has 0 aliphatic carbocycles. The number of nitrogens with zero attached hydrogens (tertiary/aromatic N) is 1. The topological polar surface area (TPSA) is 36.8 Å². The summed E-state index contributed by atoms with van der Waals surface area (Å²) in [5, 5.41) is 2.96. The number of carbonyl (C=O) groups is 1. The molecule has 2 N–H and O–H groups in total. The Morgan fingerprint density at radius 3 is 2.64 bits per heavy atom. The predicted octanol–water partition coefficient (Wildman–Crippen LogP) is 2.24. The number of rotatable bonds is 4. The number of quaternary nitrogens is 1. The van der Waals surface area contributed by atoms with Crippen molar-refractivity contribution in [2.75, 3.05) is 42.9 Å². The van der Waals surface area contributed by atoms with Crippen LogP contribution in [0.1, 0.15) is 5.56 Å². The van der Waals surface area contributed by atoms with Gasteiger partial charge in [0.1, 0.15) is 5.82 Å². The van der Waals surface area contributed by atoms with Crippen molar-refractivity contribution in [1.82, 2.24) is 0 Å². The summed E-state index contributed by atoms with van der Waals surface area (Å²) in [6.45, 7) is 5.56. The number of anilines is 2. The van der Waals surface area contributed by atoms with Crippen LogP contribution in [-0.2, 0) is 4.79 Å². The molecular weight excluding hydrogens is 385 g/mol. The number of halogens is 2. The Morgan fingerprint density at radius 2 is 1.96 bits per heavy atom. The van der Waals surface area contributed by atoms with Gasteiger partial charge in [-0.3, -0.25) is 4.79 Å². The van der Waals surface area contributed by atoms with E-state index in [1.807, 2.05) is 42.2 Å². The van der Waals surface area contributed by atoms with Crippen molar-refractivity contribution in [3.05, 3.63) is 58.3 Å². The number of piperazine rings is 1. The molecule has 0 atom stereocenters. The van der Waals surface area contributed by atoms with Gasteiger partial charge in [0.25, 0.3) is 5.91 Å². The molecule has 2 aromatic rings. The summed E-state index contributed by atoms with van der Waals surface area (Å²) in [7, 11) is 0. The smallest absolute Gasteiger partial charge is 0.279 e. The first-order valence-corrected chi connectivity index (χ1v) is 9.21. The quantitative estimate of drug-likeness (QED) is 0.816. The lowest BCUT2D eigenvalue weighted by Gasteiger charge is -2.33. The van der Waals surface area contributed by atoms with Crippen LogP contribution in [0.5, 0.6) is 0 Å². The lowest BCUT2D eigenvalue weighted by atomic mass is 10.2. The number of aryl methyl sites for hydroxylation is 1. The van der Waals surface area contributed by atoms with Gasteiger partial charge in [-0.15, -0.1) is 0 Å². The van der Waals surface area contributed by atoms with Gasteiger partial charge in [0.2, 0.25) is 0 Å². The minimum atomic E-state index is -0.187. The molecule has 0 radical (unpaired) electrons. The van der Waals surface area contributed by atoms with Crippen molar-refractivity contribution in [1.29, 1.82) is 0 Å². The van der Waals surface area contributed by atoms with E-state index in [1.165, 1.54) is 11.0 Å². The van der Waals surface area contributed by atoms with E-state index in [2.05, 4.69) is 21.2 Å². The Morgan fingerprint density at radius 1 is 1.24 bits per heavy atom. The maximum absolute atomic E-state index is 13.9.